The van der Waals surface area contributed by atoms with Crippen LogP contribution in [0.1, 0.15) is 39.5 Å². The van der Waals surface area contributed by atoms with Gasteiger partial charge in [0.05, 0.1) is 0 Å². The van der Waals surface area contributed by atoms with Crippen molar-refractivity contribution in [1.82, 2.24) is 10.9 Å². The molecule has 0 radical (unpaired) electrons. The lowest BCUT2D eigenvalue weighted by atomic mass is 10.1. The van der Waals surface area contributed by atoms with Crippen molar-refractivity contribution in [2.45, 2.75) is 45.6 Å². The van der Waals surface area contributed by atoms with Crippen LogP contribution in [0.25, 0.3) is 10.8 Å². The van der Waals surface area contributed by atoms with Gasteiger partial charge in [0.25, 0.3) is 5.91 Å². The van der Waals surface area contributed by atoms with E-state index in [9.17, 15) is 9.59 Å². The minimum Gasteiger partial charge on any atom is -0.481 e. The van der Waals surface area contributed by atoms with E-state index in [0.717, 1.165) is 30.0 Å². The SMILES string of the molecule is CCCCCC(=O)NNC(=O)[C@@H](C)Oc1ccc2ccccc2c1. The van der Waals surface area contributed by atoms with Crippen molar-refractivity contribution >= 4 is 22.6 Å². The predicted molar refractivity (Wildman–Crippen MR) is 94.5 cm³/mol. The summed E-state index contributed by atoms with van der Waals surface area (Å²) in [6, 6.07) is 13.6. The smallest absolute Gasteiger partial charge is 0.279 e. The average Bonchev–Trinajstić information content (AvgIpc) is 2.59. The van der Waals surface area contributed by atoms with E-state index in [-0.39, 0.29) is 11.8 Å². The molecule has 0 aliphatic carbocycles. The Balaban J connectivity index is 1.83. The Bertz CT molecular complexity index is 700. The number of nitrogens with one attached hydrogen (secondary N) is 2. The molecular weight excluding hydrogens is 304 g/mol. The zero-order chi connectivity index (χ0) is 17.4. The van der Waals surface area contributed by atoms with Crippen molar-refractivity contribution in [3.63, 3.8) is 0 Å². The van der Waals surface area contributed by atoms with E-state index in [1.54, 1.807) is 6.92 Å². The molecule has 0 unspecified atom stereocenters. The summed E-state index contributed by atoms with van der Waals surface area (Å²) < 4.78 is 5.65. The number of carbonyl (C=O) groups excluding carboxylic acids is 2. The van der Waals surface area contributed by atoms with Crippen LogP contribution in [0, 0.1) is 0 Å². The average molecular weight is 328 g/mol. The lowest BCUT2D eigenvalue weighted by Crippen LogP contribution is -2.47. The summed E-state index contributed by atoms with van der Waals surface area (Å²) >= 11 is 0. The standard InChI is InChI=1S/C19H24N2O3/c1-3-4-5-10-18(22)20-21-19(23)14(2)24-17-12-11-15-8-6-7-9-16(15)13-17/h6-9,11-14H,3-5,10H2,1-2H3,(H,20,22)(H,21,23)/t14-/m1/s1. The first-order valence-corrected chi connectivity index (χ1v) is 8.34. The third-order valence-electron chi connectivity index (χ3n) is 3.74. The highest BCUT2D eigenvalue weighted by Crippen LogP contribution is 2.21. The van der Waals surface area contributed by atoms with Gasteiger partial charge in [-0.1, -0.05) is 50.1 Å². The van der Waals surface area contributed by atoms with Gasteiger partial charge in [-0.2, -0.15) is 0 Å². The van der Waals surface area contributed by atoms with Crippen LogP contribution in [0.3, 0.4) is 0 Å². The Morgan fingerprint density at radius 1 is 1.04 bits per heavy atom. The van der Waals surface area contributed by atoms with Crippen LogP contribution in [0.5, 0.6) is 5.75 Å². The number of carbonyl (C=O) groups is 2. The van der Waals surface area contributed by atoms with E-state index in [2.05, 4.69) is 17.8 Å². The quantitative estimate of drug-likeness (QED) is 0.605. The van der Waals surface area contributed by atoms with Gasteiger partial charge in [-0.15, -0.1) is 0 Å². The van der Waals surface area contributed by atoms with Gasteiger partial charge in [0.15, 0.2) is 6.10 Å². The number of fused-ring (bicyclic) bond motifs is 1. The summed E-state index contributed by atoms with van der Waals surface area (Å²) in [4.78, 5) is 23.6. The largest absolute Gasteiger partial charge is 0.481 e. The molecule has 0 saturated heterocycles. The molecule has 2 rings (SSSR count). The zero-order valence-electron chi connectivity index (χ0n) is 14.2. The second-order valence-corrected chi connectivity index (χ2v) is 5.76. The molecule has 0 aromatic heterocycles. The van der Waals surface area contributed by atoms with Gasteiger partial charge < -0.3 is 4.74 Å². The summed E-state index contributed by atoms with van der Waals surface area (Å²) in [5.41, 5.74) is 4.82. The highest BCUT2D eigenvalue weighted by Gasteiger charge is 2.15. The highest BCUT2D eigenvalue weighted by atomic mass is 16.5. The number of benzene rings is 2. The number of ether oxygens (including phenoxy) is 1. The lowest BCUT2D eigenvalue weighted by molar-refractivity contribution is -0.132. The Labute approximate surface area is 142 Å². The number of hydrogen-bond acceptors (Lipinski definition) is 3. The van der Waals surface area contributed by atoms with Crippen LogP contribution in [-0.2, 0) is 9.59 Å². The molecule has 5 heteroatoms. The van der Waals surface area contributed by atoms with E-state index in [1.165, 1.54) is 0 Å². The van der Waals surface area contributed by atoms with Crippen LogP contribution < -0.4 is 15.6 Å². The van der Waals surface area contributed by atoms with Crippen LogP contribution >= 0.6 is 0 Å². The molecule has 0 bridgehead atoms. The van der Waals surface area contributed by atoms with E-state index < -0.39 is 6.10 Å². The summed E-state index contributed by atoms with van der Waals surface area (Å²) in [5, 5.41) is 2.16. The fraction of sp³-hybridized carbons (Fsp3) is 0.368. The van der Waals surface area contributed by atoms with Gasteiger partial charge in [0, 0.05) is 6.42 Å². The minimum absolute atomic E-state index is 0.185. The first-order valence-electron chi connectivity index (χ1n) is 8.34. The molecule has 128 valence electrons. The van der Waals surface area contributed by atoms with Crippen LogP contribution in [0.4, 0.5) is 0 Å². The van der Waals surface area contributed by atoms with E-state index >= 15 is 0 Å². The maximum atomic E-state index is 12.0. The van der Waals surface area contributed by atoms with E-state index in [4.69, 9.17) is 4.74 Å². The van der Waals surface area contributed by atoms with Gasteiger partial charge in [-0.3, -0.25) is 20.4 Å². The predicted octanol–water partition coefficient (Wildman–Crippen LogP) is 3.33. The maximum absolute atomic E-state index is 12.0. The maximum Gasteiger partial charge on any atom is 0.279 e. The minimum atomic E-state index is -0.706. The molecule has 0 spiro atoms. The third kappa shape index (κ3) is 5.26. The van der Waals surface area contributed by atoms with Crippen molar-refractivity contribution in [2.24, 2.45) is 0 Å². The molecule has 2 aromatic carbocycles. The van der Waals surface area contributed by atoms with Gasteiger partial charge in [0.1, 0.15) is 5.75 Å². The summed E-state index contributed by atoms with van der Waals surface area (Å²) in [6.07, 6.45) is 2.58. The molecular formula is C19H24N2O3. The summed E-state index contributed by atoms with van der Waals surface area (Å²) in [6.45, 7) is 3.72. The normalized spacial score (nSPS) is 11.8. The van der Waals surface area contributed by atoms with E-state index in [0.29, 0.717) is 12.2 Å². The molecule has 2 aromatic rings. The third-order valence-corrected chi connectivity index (χ3v) is 3.74. The van der Waals surface area contributed by atoms with Crippen molar-refractivity contribution in [3.8, 4) is 5.75 Å². The van der Waals surface area contributed by atoms with Crippen molar-refractivity contribution in [3.05, 3.63) is 42.5 Å². The van der Waals surface area contributed by atoms with Crippen LogP contribution in [0.15, 0.2) is 42.5 Å². The molecule has 0 aliphatic heterocycles. The van der Waals surface area contributed by atoms with Crippen LogP contribution in [-0.4, -0.2) is 17.9 Å². The fourth-order valence-corrected chi connectivity index (χ4v) is 2.33. The van der Waals surface area contributed by atoms with Gasteiger partial charge in [-0.25, -0.2) is 0 Å². The molecule has 5 nitrogen and oxygen atoms in total. The second kappa shape index (κ2) is 8.91. The number of unbranched alkanes of at least 4 members (excludes halogenated alkanes) is 2. The Morgan fingerprint density at radius 3 is 2.54 bits per heavy atom. The fourth-order valence-electron chi connectivity index (χ4n) is 2.33. The Hall–Kier alpha value is -2.56. The summed E-state index contributed by atoms with van der Waals surface area (Å²) in [5.74, 6) is 0.0485. The van der Waals surface area contributed by atoms with Crippen molar-refractivity contribution in [2.75, 3.05) is 0 Å². The first-order chi connectivity index (χ1) is 11.6. The zero-order valence-corrected chi connectivity index (χ0v) is 14.2. The molecule has 0 heterocycles. The molecule has 2 amide bonds. The summed E-state index contributed by atoms with van der Waals surface area (Å²) in [7, 11) is 0. The van der Waals surface area contributed by atoms with Crippen molar-refractivity contribution < 1.29 is 14.3 Å². The van der Waals surface area contributed by atoms with Crippen molar-refractivity contribution in [1.29, 1.82) is 0 Å². The Morgan fingerprint density at radius 2 is 1.79 bits per heavy atom. The van der Waals surface area contributed by atoms with Gasteiger partial charge in [-0.05, 0) is 36.2 Å². The van der Waals surface area contributed by atoms with Gasteiger partial charge >= 0.3 is 0 Å². The molecule has 2 N–H and O–H groups in total. The highest BCUT2D eigenvalue weighted by molar-refractivity contribution is 5.85. The van der Waals surface area contributed by atoms with Gasteiger partial charge in [0.2, 0.25) is 5.91 Å². The molecule has 1 atom stereocenters. The second-order valence-electron chi connectivity index (χ2n) is 5.76. The van der Waals surface area contributed by atoms with E-state index in [1.807, 2.05) is 42.5 Å². The lowest BCUT2D eigenvalue weighted by Gasteiger charge is -2.15. The van der Waals surface area contributed by atoms with Crippen LogP contribution in [0.2, 0.25) is 0 Å². The molecule has 0 aliphatic rings. The Kier molecular flexibility index (Phi) is 6.61. The molecule has 24 heavy (non-hydrogen) atoms. The molecule has 0 saturated carbocycles. The molecule has 0 fully saturated rings. The number of hydrogen-bond donors (Lipinski definition) is 2. The monoisotopic (exact) mass is 328 g/mol. The number of rotatable bonds is 7. The topological polar surface area (TPSA) is 67.4 Å². The number of hydrazine groups is 1. The first kappa shape index (κ1) is 17.8. The number of amides is 2.